The lowest BCUT2D eigenvalue weighted by atomic mass is 9.68. The van der Waals surface area contributed by atoms with Crippen molar-refractivity contribution in [1.29, 1.82) is 5.26 Å². The van der Waals surface area contributed by atoms with Gasteiger partial charge < -0.3 is 19.5 Å². The number of hydrogen-bond acceptors (Lipinski definition) is 5. The first-order chi connectivity index (χ1) is 13.1. The fourth-order valence-electron chi connectivity index (χ4n) is 4.30. The molecule has 0 bridgehead atoms. The maximum absolute atomic E-state index is 11.6. The second-order valence-electron chi connectivity index (χ2n) is 7.51. The molecule has 1 N–H and O–H groups in total. The summed E-state index contributed by atoms with van der Waals surface area (Å²) >= 11 is 0. The Kier molecular flexibility index (Phi) is 6.10. The number of carbonyl (C=O) groups is 1. The molecular weight excluding hydrogens is 344 g/mol. The summed E-state index contributed by atoms with van der Waals surface area (Å²) < 4.78 is 16.4. The lowest BCUT2D eigenvalue weighted by Gasteiger charge is -2.36. The van der Waals surface area contributed by atoms with Gasteiger partial charge >= 0.3 is 6.09 Å². The molecule has 0 heterocycles. The first kappa shape index (κ1) is 19.3. The molecule has 0 aromatic heterocycles. The summed E-state index contributed by atoms with van der Waals surface area (Å²) in [5.74, 6) is 1.40. The lowest BCUT2D eigenvalue weighted by molar-refractivity contribution is 0.159. The molecule has 2 aliphatic rings. The highest BCUT2D eigenvalue weighted by molar-refractivity contribution is 5.67. The average molecular weight is 372 g/mol. The van der Waals surface area contributed by atoms with Gasteiger partial charge in [0.1, 0.15) is 0 Å². The summed E-state index contributed by atoms with van der Waals surface area (Å²) in [6, 6.07) is 8.24. The van der Waals surface area contributed by atoms with Crippen molar-refractivity contribution in [1.82, 2.24) is 5.32 Å². The number of nitrogens with one attached hydrogen (secondary N) is 1. The number of alkyl carbamates (subject to hydrolysis) is 1. The van der Waals surface area contributed by atoms with E-state index in [-0.39, 0.29) is 12.1 Å². The molecule has 1 amide bonds. The molecule has 1 aromatic carbocycles. The minimum atomic E-state index is -0.649. The van der Waals surface area contributed by atoms with Gasteiger partial charge in [-0.1, -0.05) is 6.07 Å². The third-order valence-corrected chi connectivity index (χ3v) is 5.78. The molecule has 0 radical (unpaired) electrons. The second kappa shape index (κ2) is 8.51. The molecule has 6 nitrogen and oxygen atoms in total. The zero-order valence-corrected chi connectivity index (χ0v) is 16.1. The zero-order valence-electron chi connectivity index (χ0n) is 16.1. The maximum Gasteiger partial charge on any atom is 0.407 e. The van der Waals surface area contributed by atoms with Gasteiger partial charge in [0.2, 0.25) is 0 Å². The van der Waals surface area contributed by atoms with Crippen LogP contribution in [0.25, 0.3) is 0 Å². The summed E-state index contributed by atoms with van der Waals surface area (Å²) in [6.45, 7) is 0. The van der Waals surface area contributed by atoms with Crippen LogP contribution in [0.4, 0.5) is 4.79 Å². The van der Waals surface area contributed by atoms with Crippen LogP contribution in [0.2, 0.25) is 0 Å². The van der Waals surface area contributed by atoms with Gasteiger partial charge in [-0.2, -0.15) is 5.26 Å². The van der Waals surface area contributed by atoms with Crippen molar-refractivity contribution in [3.05, 3.63) is 23.8 Å². The van der Waals surface area contributed by atoms with Gasteiger partial charge in [0.05, 0.1) is 31.8 Å². The van der Waals surface area contributed by atoms with E-state index >= 15 is 0 Å². The van der Waals surface area contributed by atoms with Crippen LogP contribution in [0.1, 0.15) is 56.9 Å². The molecule has 0 unspecified atom stereocenters. The van der Waals surface area contributed by atoms with Gasteiger partial charge in [0.15, 0.2) is 11.5 Å². The standard InChI is InChI=1S/C21H28N2O4/c1-25-18-10-9-15(12-19(18)27-17-7-3-4-8-17)21(14-22)11-5-6-16(13-21)23-20(24)26-2/h9-10,12,16-17H,3-8,11,13H2,1-2H3,(H,23,24)/t16-,21-/m1/s1. The third-order valence-electron chi connectivity index (χ3n) is 5.78. The SMILES string of the molecule is COC(=O)N[C@@H]1CCC[C@@](C#N)(c2ccc(OC)c(OC3CCCC3)c2)C1. The van der Waals surface area contributed by atoms with Crippen molar-refractivity contribution in [2.75, 3.05) is 14.2 Å². The zero-order chi connectivity index (χ0) is 19.3. The van der Waals surface area contributed by atoms with E-state index in [4.69, 9.17) is 14.2 Å². The van der Waals surface area contributed by atoms with Crippen LogP contribution >= 0.6 is 0 Å². The van der Waals surface area contributed by atoms with Crippen LogP contribution in [-0.4, -0.2) is 32.5 Å². The van der Waals surface area contributed by atoms with E-state index in [1.165, 1.54) is 20.0 Å². The quantitative estimate of drug-likeness (QED) is 0.842. The number of benzene rings is 1. The smallest absolute Gasteiger partial charge is 0.407 e. The highest BCUT2D eigenvalue weighted by Crippen LogP contribution is 2.42. The van der Waals surface area contributed by atoms with E-state index in [0.717, 1.165) is 37.7 Å². The monoisotopic (exact) mass is 372 g/mol. The first-order valence-electron chi connectivity index (χ1n) is 9.71. The number of nitriles is 1. The molecular formula is C21H28N2O4. The van der Waals surface area contributed by atoms with Gasteiger partial charge in [0.25, 0.3) is 0 Å². The van der Waals surface area contributed by atoms with E-state index in [0.29, 0.717) is 17.9 Å². The summed E-state index contributed by atoms with van der Waals surface area (Å²) in [5, 5.41) is 12.9. The summed E-state index contributed by atoms with van der Waals surface area (Å²) in [5.41, 5.74) is 0.277. The summed E-state index contributed by atoms with van der Waals surface area (Å²) in [6.07, 6.45) is 7.30. The van der Waals surface area contributed by atoms with Crippen LogP contribution in [-0.2, 0) is 10.2 Å². The summed E-state index contributed by atoms with van der Waals surface area (Å²) in [7, 11) is 2.99. The minimum absolute atomic E-state index is 0.0767. The van der Waals surface area contributed by atoms with Crippen molar-refractivity contribution in [2.24, 2.45) is 0 Å². The molecule has 6 heteroatoms. The third kappa shape index (κ3) is 4.29. The van der Waals surface area contributed by atoms with Gasteiger partial charge in [0, 0.05) is 6.04 Å². The highest BCUT2D eigenvalue weighted by atomic mass is 16.5. The molecule has 2 atom stereocenters. The fourth-order valence-corrected chi connectivity index (χ4v) is 4.30. The van der Waals surface area contributed by atoms with Gasteiger partial charge in [-0.15, -0.1) is 0 Å². The van der Waals surface area contributed by atoms with Crippen LogP contribution < -0.4 is 14.8 Å². The Labute approximate surface area is 160 Å². The Morgan fingerprint density at radius 3 is 2.63 bits per heavy atom. The minimum Gasteiger partial charge on any atom is -0.493 e. The van der Waals surface area contributed by atoms with Crippen LogP contribution in [0.15, 0.2) is 18.2 Å². The van der Waals surface area contributed by atoms with Crippen molar-refractivity contribution >= 4 is 6.09 Å². The van der Waals surface area contributed by atoms with E-state index in [2.05, 4.69) is 11.4 Å². The van der Waals surface area contributed by atoms with Crippen molar-refractivity contribution < 1.29 is 19.0 Å². The van der Waals surface area contributed by atoms with E-state index < -0.39 is 11.5 Å². The Morgan fingerprint density at radius 1 is 1.19 bits per heavy atom. The fraction of sp³-hybridized carbons (Fsp3) is 0.619. The largest absolute Gasteiger partial charge is 0.493 e. The average Bonchev–Trinajstić information content (AvgIpc) is 3.21. The Bertz CT molecular complexity index is 709. The molecule has 1 aromatic rings. The Hall–Kier alpha value is -2.42. The second-order valence-corrected chi connectivity index (χ2v) is 7.51. The molecule has 0 aliphatic heterocycles. The van der Waals surface area contributed by atoms with Crippen molar-refractivity contribution in [2.45, 2.75) is 68.9 Å². The Balaban J connectivity index is 1.85. The number of nitrogens with zero attached hydrogens (tertiary/aromatic N) is 1. The predicted octanol–water partition coefficient (Wildman–Crippen LogP) is 4.08. The number of carbonyl (C=O) groups excluding carboxylic acids is 1. The maximum atomic E-state index is 11.6. The van der Waals surface area contributed by atoms with E-state index in [9.17, 15) is 10.1 Å². The molecule has 2 fully saturated rings. The molecule has 0 spiro atoms. The normalized spacial score (nSPS) is 25.4. The van der Waals surface area contributed by atoms with Crippen molar-refractivity contribution in [3.8, 4) is 17.6 Å². The molecule has 2 aliphatic carbocycles. The van der Waals surface area contributed by atoms with Crippen LogP contribution in [0.3, 0.4) is 0 Å². The van der Waals surface area contributed by atoms with Crippen LogP contribution in [0, 0.1) is 11.3 Å². The van der Waals surface area contributed by atoms with Gasteiger partial charge in [-0.25, -0.2) is 4.79 Å². The first-order valence-corrected chi connectivity index (χ1v) is 9.71. The van der Waals surface area contributed by atoms with Crippen molar-refractivity contribution in [3.63, 3.8) is 0 Å². The number of amides is 1. The van der Waals surface area contributed by atoms with Crippen LogP contribution in [0.5, 0.6) is 11.5 Å². The number of methoxy groups -OCH3 is 2. The number of ether oxygens (including phenoxy) is 3. The van der Waals surface area contributed by atoms with E-state index in [1.807, 2.05) is 18.2 Å². The number of rotatable bonds is 5. The molecule has 3 rings (SSSR count). The molecule has 27 heavy (non-hydrogen) atoms. The van der Waals surface area contributed by atoms with Gasteiger partial charge in [-0.3, -0.25) is 0 Å². The lowest BCUT2D eigenvalue weighted by Crippen LogP contribution is -2.43. The van der Waals surface area contributed by atoms with Gasteiger partial charge in [-0.05, 0) is 69.1 Å². The Morgan fingerprint density at radius 2 is 1.96 bits per heavy atom. The molecule has 0 saturated heterocycles. The highest BCUT2D eigenvalue weighted by Gasteiger charge is 2.39. The number of hydrogen-bond donors (Lipinski definition) is 1. The van der Waals surface area contributed by atoms with E-state index in [1.54, 1.807) is 7.11 Å². The summed E-state index contributed by atoms with van der Waals surface area (Å²) in [4.78, 5) is 11.6. The molecule has 2 saturated carbocycles. The predicted molar refractivity (Wildman–Crippen MR) is 101 cm³/mol. The topological polar surface area (TPSA) is 80.6 Å². The molecule has 146 valence electrons.